The van der Waals surface area contributed by atoms with Crippen molar-refractivity contribution in [3.05, 3.63) is 12.2 Å². The Hall–Kier alpha value is -0.790. The van der Waals surface area contributed by atoms with Gasteiger partial charge in [0.1, 0.15) is 0 Å². The number of nitrogens with one attached hydrogen (secondary N) is 1. The third-order valence-electron chi connectivity index (χ3n) is 3.45. The monoisotopic (exact) mass is 237 g/mol. The minimum atomic E-state index is 0.102. The van der Waals surface area contributed by atoms with Crippen molar-refractivity contribution in [2.45, 2.75) is 77.2 Å². The van der Waals surface area contributed by atoms with Crippen LogP contribution >= 0.6 is 0 Å². The molecule has 2 nitrogen and oxygen atoms in total. The Labute approximate surface area is 106 Å². The zero-order chi connectivity index (χ0) is 12.3. The zero-order valence-corrected chi connectivity index (χ0v) is 11.2. The van der Waals surface area contributed by atoms with Crippen molar-refractivity contribution in [1.29, 1.82) is 0 Å². The summed E-state index contributed by atoms with van der Waals surface area (Å²) in [6.45, 7) is 2.23. The summed E-state index contributed by atoms with van der Waals surface area (Å²) in [6.07, 6.45) is 16.1. The first kappa shape index (κ1) is 14.3. The SMILES string of the molecule is CCCCCCC/C=C/C(=O)NC1CCCC1. The smallest absolute Gasteiger partial charge is 0.243 e. The first-order chi connectivity index (χ1) is 8.33. The maximum Gasteiger partial charge on any atom is 0.243 e. The van der Waals surface area contributed by atoms with Crippen molar-refractivity contribution in [2.24, 2.45) is 0 Å². The molecule has 1 amide bonds. The number of unbranched alkanes of at least 4 members (excludes halogenated alkanes) is 5. The van der Waals surface area contributed by atoms with E-state index >= 15 is 0 Å². The highest BCUT2D eigenvalue weighted by Crippen LogP contribution is 2.17. The van der Waals surface area contributed by atoms with Crippen LogP contribution in [0.4, 0.5) is 0 Å². The lowest BCUT2D eigenvalue weighted by Gasteiger charge is -2.08. The first-order valence-electron chi connectivity index (χ1n) is 7.30. The van der Waals surface area contributed by atoms with Gasteiger partial charge in [0.05, 0.1) is 0 Å². The van der Waals surface area contributed by atoms with Gasteiger partial charge >= 0.3 is 0 Å². The highest BCUT2D eigenvalue weighted by molar-refractivity contribution is 5.87. The third-order valence-corrected chi connectivity index (χ3v) is 3.45. The molecule has 0 aliphatic heterocycles. The van der Waals surface area contributed by atoms with Gasteiger partial charge in [-0.25, -0.2) is 0 Å². The Bertz CT molecular complexity index is 229. The minimum absolute atomic E-state index is 0.102. The predicted molar refractivity (Wildman–Crippen MR) is 72.9 cm³/mol. The highest BCUT2D eigenvalue weighted by atomic mass is 16.1. The quantitative estimate of drug-likeness (QED) is 0.502. The molecule has 1 saturated carbocycles. The summed E-state index contributed by atoms with van der Waals surface area (Å²) in [5.41, 5.74) is 0. The van der Waals surface area contributed by atoms with E-state index in [4.69, 9.17) is 0 Å². The number of hydrogen-bond acceptors (Lipinski definition) is 1. The van der Waals surface area contributed by atoms with Crippen molar-refractivity contribution >= 4 is 5.91 Å². The third kappa shape index (κ3) is 7.19. The van der Waals surface area contributed by atoms with Gasteiger partial charge in [0.15, 0.2) is 0 Å². The second-order valence-electron chi connectivity index (χ2n) is 5.10. The standard InChI is InChI=1S/C15H27NO/c1-2-3-4-5-6-7-8-13-15(17)16-14-11-9-10-12-14/h8,13-14H,2-7,9-12H2,1H3,(H,16,17)/b13-8+. The molecule has 0 heterocycles. The number of carbonyl (C=O) groups is 1. The lowest BCUT2D eigenvalue weighted by atomic mass is 10.1. The summed E-state index contributed by atoms with van der Waals surface area (Å²) >= 11 is 0. The van der Waals surface area contributed by atoms with E-state index in [1.165, 1.54) is 44.9 Å². The second-order valence-corrected chi connectivity index (χ2v) is 5.10. The van der Waals surface area contributed by atoms with Gasteiger partial charge in [0.25, 0.3) is 0 Å². The van der Waals surface area contributed by atoms with E-state index in [0.29, 0.717) is 6.04 Å². The molecule has 1 aliphatic carbocycles. The van der Waals surface area contributed by atoms with Gasteiger partial charge in [-0.3, -0.25) is 4.79 Å². The number of hydrogen-bond donors (Lipinski definition) is 1. The molecule has 0 unspecified atom stereocenters. The molecule has 1 rings (SSSR count). The fraction of sp³-hybridized carbons (Fsp3) is 0.800. The molecule has 2 heteroatoms. The largest absolute Gasteiger partial charge is 0.350 e. The molecule has 17 heavy (non-hydrogen) atoms. The second kappa shape index (κ2) is 9.26. The van der Waals surface area contributed by atoms with Crippen LogP contribution in [0.25, 0.3) is 0 Å². The number of rotatable bonds is 8. The van der Waals surface area contributed by atoms with Crippen LogP contribution in [0.5, 0.6) is 0 Å². The van der Waals surface area contributed by atoms with E-state index in [9.17, 15) is 4.79 Å². The summed E-state index contributed by atoms with van der Waals surface area (Å²) in [7, 11) is 0. The minimum Gasteiger partial charge on any atom is -0.350 e. The molecule has 0 atom stereocenters. The van der Waals surface area contributed by atoms with Gasteiger partial charge in [-0.1, -0.05) is 51.5 Å². The van der Waals surface area contributed by atoms with Gasteiger partial charge in [0.2, 0.25) is 5.91 Å². The molecule has 0 aromatic rings. The van der Waals surface area contributed by atoms with Crippen LogP contribution in [0.3, 0.4) is 0 Å². The van der Waals surface area contributed by atoms with Gasteiger partial charge in [0, 0.05) is 6.04 Å². The van der Waals surface area contributed by atoms with E-state index in [1.807, 2.05) is 6.08 Å². The van der Waals surface area contributed by atoms with Crippen molar-refractivity contribution in [2.75, 3.05) is 0 Å². The molecular weight excluding hydrogens is 210 g/mol. The van der Waals surface area contributed by atoms with Crippen LogP contribution < -0.4 is 5.32 Å². The molecular formula is C15H27NO. The van der Waals surface area contributed by atoms with Gasteiger partial charge in [-0.2, -0.15) is 0 Å². The first-order valence-corrected chi connectivity index (χ1v) is 7.30. The Morgan fingerprint density at radius 3 is 2.59 bits per heavy atom. The summed E-state index contributed by atoms with van der Waals surface area (Å²) in [5.74, 6) is 0.102. The topological polar surface area (TPSA) is 29.1 Å². The van der Waals surface area contributed by atoms with Crippen LogP contribution in [0.1, 0.15) is 71.1 Å². The maximum atomic E-state index is 11.5. The summed E-state index contributed by atoms with van der Waals surface area (Å²) < 4.78 is 0. The molecule has 98 valence electrons. The van der Waals surface area contributed by atoms with Crippen LogP contribution in [0.2, 0.25) is 0 Å². The Kier molecular flexibility index (Phi) is 7.78. The van der Waals surface area contributed by atoms with E-state index in [2.05, 4.69) is 12.2 Å². The molecule has 0 saturated heterocycles. The van der Waals surface area contributed by atoms with Gasteiger partial charge < -0.3 is 5.32 Å². The number of allylic oxidation sites excluding steroid dienone is 1. The molecule has 0 radical (unpaired) electrons. The van der Waals surface area contributed by atoms with E-state index in [-0.39, 0.29) is 5.91 Å². The van der Waals surface area contributed by atoms with Crippen LogP contribution in [-0.2, 0) is 4.79 Å². The average molecular weight is 237 g/mol. The Morgan fingerprint density at radius 1 is 1.18 bits per heavy atom. The van der Waals surface area contributed by atoms with E-state index in [0.717, 1.165) is 19.3 Å². The average Bonchev–Trinajstić information content (AvgIpc) is 2.80. The predicted octanol–water partition coefficient (Wildman–Crippen LogP) is 3.96. The fourth-order valence-corrected chi connectivity index (χ4v) is 2.38. The molecule has 0 spiro atoms. The lowest BCUT2D eigenvalue weighted by molar-refractivity contribution is -0.117. The lowest BCUT2D eigenvalue weighted by Crippen LogP contribution is -2.30. The van der Waals surface area contributed by atoms with Crippen molar-refractivity contribution in [3.63, 3.8) is 0 Å². The molecule has 1 aliphatic rings. The maximum absolute atomic E-state index is 11.5. The van der Waals surface area contributed by atoms with Gasteiger partial charge in [-0.15, -0.1) is 0 Å². The molecule has 1 fully saturated rings. The number of amides is 1. The van der Waals surface area contributed by atoms with Crippen molar-refractivity contribution in [3.8, 4) is 0 Å². The summed E-state index contributed by atoms with van der Waals surface area (Å²) in [4.78, 5) is 11.5. The van der Waals surface area contributed by atoms with Crippen LogP contribution in [-0.4, -0.2) is 11.9 Å². The summed E-state index contributed by atoms with van der Waals surface area (Å²) in [5, 5.41) is 3.06. The van der Waals surface area contributed by atoms with E-state index < -0.39 is 0 Å². The fourth-order valence-electron chi connectivity index (χ4n) is 2.38. The van der Waals surface area contributed by atoms with Crippen LogP contribution in [0, 0.1) is 0 Å². The summed E-state index contributed by atoms with van der Waals surface area (Å²) in [6, 6.07) is 0.441. The van der Waals surface area contributed by atoms with Crippen molar-refractivity contribution in [1.82, 2.24) is 5.32 Å². The molecule has 0 aromatic heterocycles. The Balaban J connectivity index is 1.97. The van der Waals surface area contributed by atoms with Gasteiger partial charge in [-0.05, 0) is 31.8 Å². The molecule has 0 aromatic carbocycles. The van der Waals surface area contributed by atoms with E-state index in [1.54, 1.807) is 6.08 Å². The highest BCUT2D eigenvalue weighted by Gasteiger charge is 2.15. The number of carbonyl (C=O) groups excluding carboxylic acids is 1. The zero-order valence-electron chi connectivity index (χ0n) is 11.2. The van der Waals surface area contributed by atoms with Crippen LogP contribution in [0.15, 0.2) is 12.2 Å². The molecule has 0 bridgehead atoms. The van der Waals surface area contributed by atoms with Crippen molar-refractivity contribution < 1.29 is 4.79 Å². The molecule has 1 N–H and O–H groups in total. The normalized spacial score (nSPS) is 16.8. The Morgan fingerprint density at radius 2 is 1.88 bits per heavy atom.